The lowest BCUT2D eigenvalue weighted by Crippen LogP contribution is -2.58. The number of carboxylic acid groups (broad SMARTS) is 1. The molecule has 3 aliphatic rings. The van der Waals surface area contributed by atoms with Gasteiger partial charge in [-0.2, -0.15) is 0 Å². The van der Waals surface area contributed by atoms with Gasteiger partial charge in [0.15, 0.2) is 10.8 Å². The van der Waals surface area contributed by atoms with Gasteiger partial charge in [0.05, 0.1) is 0 Å². The normalized spacial score (nSPS) is 25.2. The summed E-state index contributed by atoms with van der Waals surface area (Å²) in [6, 6.07) is 0. The van der Waals surface area contributed by atoms with Crippen LogP contribution >= 0.6 is 0 Å². The molecule has 9 heteroatoms. The van der Waals surface area contributed by atoms with Crippen LogP contribution < -0.4 is 0 Å². The average Bonchev–Trinajstić information content (AvgIpc) is 2.23. The van der Waals surface area contributed by atoms with Crippen LogP contribution in [0.25, 0.3) is 0 Å². The molecule has 2 saturated carbocycles. The Morgan fingerprint density at radius 2 is 1.57 bits per heavy atom. The smallest absolute Gasteiger partial charge is 0.480 e. The van der Waals surface area contributed by atoms with Gasteiger partial charge in [0.2, 0.25) is 0 Å². The Balaban J connectivity index is 1.67. The molecular formula is C12H13BO8. The average molecular weight is 296 g/mol. The second kappa shape index (κ2) is 4.47. The van der Waals surface area contributed by atoms with Crippen LogP contribution in [0, 0.1) is 10.8 Å². The van der Waals surface area contributed by atoms with Crippen molar-refractivity contribution in [2.24, 2.45) is 10.8 Å². The molecule has 21 heavy (non-hydrogen) atoms. The Hall–Kier alpha value is -2.06. The van der Waals surface area contributed by atoms with Crippen LogP contribution in [0.3, 0.4) is 0 Å². The van der Waals surface area contributed by atoms with Crippen LogP contribution in [0.4, 0.5) is 0 Å². The topological polar surface area (TPSA) is 116 Å². The van der Waals surface area contributed by atoms with Gasteiger partial charge in [-0.1, -0.05) is 0 Å². The van der Waals surface area contributed by atoms with Gasteiger partial charge >= 0.3 is 31.2 Å². The molecule has 0 unspecified atom stereocenters. The molecule has 1 aliphatic heterocycles. The third kappa shape index (κ3) is 1.83. The van der Waals surface area contributed by atoms with Crippen molar-refractivity contribution in [1.82, 2.24) is 0 Å². The minimum absolute atomic E-state index is 0.152. The summed E-state index contributed by atoms with van der Waals surface area (Å²) in [6.45, 7) is 0. The lowest BCUT2D eigenvalue weighted by Gasteiger charge is -2.41. The lowest BCUT2D eigenvalue weighted by molar-refractivity contribution is -0.183. The molecule has 0 atom stereocenters. The molecule has 0 aromatic rings. The maximum Gasteiger partial charge on any atom is 0.870 e. The summed E-state index contributed by atoms with van der Waals surface area (Å²) in [4.78, 5) is 46.8. The number of rotatable bonds is 3. The van der Waals surface area contributed by atoms with Crippen LogP contribution in [0.2, 0.25) is 0 Å². The molecule has 0 bridgehead atoms. The van der Waals surface area contributed by atoms with Crippen molar-refractivity contribution < 1.29 is 38.2 Å². The molecule has 0 radical (unpaired) electrons. The Labute approximate surface area is 119 Å². The van der Waals surface area contributed by atoms with E-state index in [2.05, 4.69) is 0 Å². The molecule has 0 amide bonds. The first-order valence-electron chi connectivity index (χ1n) is 6.77. The molecule has 3 rings (SSSR count). The quantitative estimate of drug-likeness (QED) is 0.573. The van der Waals surface area contributed by atoms with Crippen LogP contribution in [-0.2, 0) is 33.1 Å². The van der Waals surface area contributed by atoms with Crippen molar-refractivity contribution in [2.75, 3.05) is 0 Å². The summed E-state index contributed by atoms with van der Waals surface area (Å²) in [5.74, 6) is -3.89. The first-order valence-corrected chi connectivity index (χ1v) is 6.77. The van der Waals surface area contributed by atoms with Crippen molar-refractivity contribution >= 4 is 31.2 Å². The zero-order valence-electron chi connectivity index (χ0n) is 11.1. The molecule has 3 fully saturated rings. The number of aliphatic carboxylic acids is 1. The number of carbonyl (C=O) groups is 4. The highest BCUT2D eigenvalue weighted by molar-refractivity contribution is 6.47. The van der Waals surface area contributed by atoms with E-state index in [1.54, 1.807) is 0 Å². The van der Waals surface area contributed by atoms with Crippen LogP contribution in [0.1, 0.15) is 38.5 Å². The van der Waals surface area contributed by atoms with E-state index in [0.717, 1.165) is 6.42 Å². The van der Waals surface area contributed by atoms with E-state index in [0.29, 0.717) is 19.3 Å². The zero-order chi connectivity index (χ0) is 15.3. The predicted molar refractivity (Wildman–Crippen MR) is 64.2 cm³/mol. The van der Waals surface area contributed by atoms with Gasteiger partial charge in [-0.05, 0) is 38.5 Å². The Bertz CT molecular complexity index is 513. The van der Waals surface area contributed by atoms with Gasteiger partial charge in [-0.25, -0.2) is 0 Å². The lowest BCUT2D eigenvalue weighted by atomic mass is 9.67. The SMILES string of the molecule is O=C(O)C1(C(=O)OB2OC(=O)C3(CCC3)C(=O)O2)CCC1. The number of carboxylic acids is 1. The van der Waals surface area contributed by atoms with Crippen LogP contribution in [0.15, 0.2) is 0 Å². The second-order valence-corrected chi connectivity index (χ2v) is 5.68. The summed E-state index contributed by atoms with van der Waals surface area (Å²) in [5.41, 5.74) is -2.88. The molecule has 112 valence electrons. The Morgan fingerprint density at radius 3 is 1.90 bits per heavy atom. The minimum Gasteiger partial charge on any atom is -0.480 e. The molecular weight excluding hydrogens is 283 g/mol. The Kier molecular flexibility index (Phi) is 2.96. The third-order valence-corrected chi connectivity index (χ3v) is 4.61. The molecule has 1 N–H and O–H groups in total. The predicted octanol–water partition coefficient (Wildman–Crippen LogP) is 0.0397. The molecule has 1 heterocycles. The fourth-order valence-corrected chi connectivity index (χ4v) is 2.73. The van der Waals surface area contributed by atoms with E-state index in [-0.39, 0.29) is 12.8 Å². The maximum absolute atomic E-state index is 11.9. The highest BCUT2D eigenvalue weighted by atomic mass is 16.8. The monoisotopic (exact) mass is 296 g/mol. The number of carbonyl (C=O) groups excluding carboxylic acids is 3. The van der Waals surface area contributed by atoms with Crippen molar-refractivity contribution in [3.8, 4) is 0 Å². The standard InChI is InChI=1S/C12H13BO8/c14-7(15)11(3-1-4-11)8(16)19-13-20-9(17)12(5-2-6-12)10(18)21-13/h1-6H2,(H,14,15). The molecule has 1 saturated heterocycles. The van der Waals surface area contributed by atoms with E-state index >= 15 is 0 Å². The van der Waals surface area contributed by atoms with Crippen molar-refractivity contribution in [2.45, 2.75) is 38.5 Å². The van der Waals surface area contributed by atoms with Gasteiger partial charge < -0.3 is 19.1 Å². The molecule has 1 spiro atoms. The summed E-state index contributed by atoms with van der Waals surface area (Å²) in [5, 5.41) is 9.10. The van der Waals surface area contributed by atoms with E-state index in [1.807, 2.05) is 0 Å². The van der Waals surface area contributed by atoms with Gasteiger partial charge in [0, 0.05) is 0 Å². The summed E-state index contributed by atoms with van der Waals surface area (Å²) in [7, 11) is -1.79. The van der Waals surface area contributed by atoms with Crippen LogP contribution in [0.5, 0.6) is 0 Å². The van der Waals surface area contributed by atoms with E-state index in [1.165, 1.54) is 0 Å². The molecule has 8 nitrogen and oxygen atoms in total. The molecule has 0 aromatic heterocycles. The van der Waals surface area contributed by atoms with E-state index in [4.69, 9.17) is 19.1 Å². The maximum atomic E-state index is 11.9. The fraction of sp³-hybridized carbons (Fsp3) is 0.667. The van der Waals surface area contributed by atoms with Gasteiger partial charge in [0.1, 0.15) is 0 Å². The number of hydrogen-bond acceptors (Lipinski definition) is 7. The van der Waals surface area contributed by atoms with Crippen LogP contribution in [-0.4, -0.2) is 36.3 Å². The second-order valence-electron chi connectivity index (χ2n) is 5.68. The van der Waals surface area contributed by atoms with Gasteiger partial charge in [-0.15, -0.1) is 0 Å². The van der Waals surface area contributed by atoms with Crippen molar-refractivity contribution in [1.29, 1.82) is 0 Å². The van der Waals surface area contributed by atoms with E-state index in [9.17, 15) is 19.2 Å². The fourth-order valence-electron chi connectivity index (χ4n) is 2.73. The summed E-state index contributed by atoms with van der Waals surface area (Å²) < 4.78 is 14.4. The van der Waals surface area contributed by atoms with E-state index < -0.39 is 42.0 Å². The van der Waals surface area contributed by atoms with Gasteiger partial charge in [0.25, 0.3) is 0 Å². The largest absolute Gasteiger partial charge is 0.870 e. The minimum atomic E-state index is -1.79. The number of hydrogen-bond donors (Lipinski definition) is 1. The molecule has 0 aromatic carbocycles. The third-order valence-electron chi connectivity index (χ3n) is 4.61. The first-order chi connectivity index (χ1) is 9.91. The first kappa shape index (κ1) is 13.9. The summed E-state index contributed by atoms with van der Waals surface area (Å²) in [6.07, 6.45) is 2.32. The highest BCUT2D eigenvalue weighted by Gasteiger charge is 2.62. The zero-order valence-corrected chi connectivity index (χ0v) is 11.1. The molecule has 2 aliphatic carbocycles. The highest BCUT2D eigenvalue weighted by Crippen LogP contribution is 2.46. The Morgan fingerprint density at radius 1 is 1.05 bits per heavy atom. The summed E-state index contributed by atoms with van der Waals surface area (Å²) >= 11 is 0. The van der Waals surface area contributed by atoms with Crippen molar-refractivity contribution in [3.05, 3.63) is 0 Å². The van der Waals surface area contributed by atoms with Crippen molar-refractivity contribution in [3.63, 3.8) is 0 Å². The van der Waals surface area contributed by atoms with Gasteiger partial charge in [-0.3, -0.25) is 19.2 Å².